The highest BCUT2D eigenvalue weighted by atomic mass is 16.5. The maximum Gasteiger partial charge on any atom is 0.233 e. The number of aryl methyl sites for hydroxylation is 2. The number of nitrogens with zero attached hydrogens (tertiary/aromatic N) is 5. The molecule has 7 nitrogen and oxygen atoms in total. The Labute approximate surface area is 178 Å². The molecule has 1 spiro atoms. The predicted octanol–water partition coefficient (Wildman–Crippen LogP) is 3.24. The Balaban J connectivity index is 1.09. The third-order valence-electron chi connectivity index (χ3n) is 7.39. The van der Waals surface area contributed by atoms with Crippen LogP contribution in [-0.2, 0) is 11.8 Å². The second kappa shape index (κ2) is 8.27. The molecule has 5 rings (SSSR count). The van der Waals surface area contributed by atoms with Crippen LogP contribution in [-0.4, -0.2) is 63.8 Å². The summed E-state index contributed by atoms with van der Waals surface area (Å²) in [5, 5.41) is 13.0. The van der Waals surface area contributed by atoms with Crippen molar-refractivity contribution in [3.8, 4) is 17.3 Å². The van der Waals surface area contributed by atoms with Crippen molar-refractivity contribution in [3.05, 3.63) is 23.9 Å². The molecule has 0 amide bonds. The molecule has 0 atom stereocenters. The molecular weight excluding hydrogens is 378 g/mol. The number of ether oxygens (including phenoxy) is 2. The quantitative estimate of drug-likeness (QED) is 0.753. The lowest BCUT2D eigenvalue weighted by Gasteiger charge is -2.52. The zero-order valence-corrected chi connectivity index (χ0v) is 18.2. The van der Waals surface area contributed by atoms with Crippen molar-refractivity contribution in [3.63, 3.8) is 0 Å². The zero-order chi connectivity index (χ0) is 20.6. The first-order valence-electron chi connectivity index (χ1n) is 11.4. The molecule has 2 aromatic heterocycles. The average molecular weight is 412 g/mol. The van der Waals surface area contributed by atoms with E-state index in [-0.39, 0.29) is 6.10 Å². The molecule has 4 heterocycles. The lowest BCUT2D eigenvalue weighted by atomic mass is 9.61. The summed E-state index contributed by atoms with van der Waals surface area (Å²) in [6, 6.07) is 3.92. The fourth-order valence-electron chi connectivity index (χ4n) is 5.50. The van der Waals surface area contributed by atoms with Crippen LogP contribution in [0.4, 0.5) is 0 Å². The molecule has 30 heavy (non-hydrogen) atoms. The van der Waals surface area contributed by atoms with Gasteiger partial charge in [0.2, 0.25) is 5.88 Å². The van der Waals surface area contributed by atoms with Gasteiger partial charge in [0.25, 0.3) is 0 Å². The second-order valence-corrected chi connectivity index (χ2v) is 9.56. The van der Waals surface area contributed by atoms with Gasteiger partial charge in [0.05, 0.1) is 11.9 Å². The fraction of sp³-hybridized carbons (Fsp3) is 0.696. The molecule has 0 radical (unpaired) electrons. The number of hydrogen-bond acceptors (Lipinski definition) is 6. The van der Waals surface area contributed by atoms with Gasteiger partial charge in [-0.25, -0.2) is 0 Å². The topological polar surface area (TPSA) is 65.3 Å². The van der Waals surface area contributed by atoms with Crippen LogP contribution in [0.3, 0.4) is 0 Å². The molecule has 2 aliphatic heterocycles. The smallest absolute Gasteiger partial charge is 0.233 e. The molecule has 2 aromatic rings. The van der Waals surface area contributed by atoms with E-state index in [0.717, 1.165) is 48.9 Å². The fourth-order valence-corrected chi connectivity index (χ4v) is 5.50. The summed E-state index contributed by atoms with van der Waals surface area (Å²) in [6.07, 6.45) is 9.52. The third-order valence-corrected chi connectivity index (χ3v) is 7.39. The van der Waals surface area contributed by atoms with Gasteiger partial charge in [-0.1, -0.05) is 0 Å². The van der Waals surface area contributed by atoms with Crippen LogP contribution in [0.15, 0.2) is 18.3 Å². The summed E-state index contributed by atoms with van der Waals surface area (Å²) in [7, 11) is 1.93. The van der Waals surface area contributed by atoms with Crippen molar-refractivity contribution in [1.29, 1.82) is 0 Å². The first kappa shape index (κ1) is 19.9. The van der Waals surface area contributed by atoms with Crippen LogP contribution in [0.1, 0.15) is 44.1 Å². The van der Waals surface area contributed by atoms with Crippen LogP contribution < -0.4 is 4.74 Å². The summed E-state index contributed by atoms with van der Waals surface area (Å²) in [5.74, 6) is 1.47. The molecule has 0 aromatic carbocycles. The van der Waals surface area contributed by atoms with Gasteiger partial charge in [0.15, 0.2) is 0 Å². The summed E-state index contributed by atoms with van der Waals surface area (Å²) >= 11 is 0. The molecule has 2 saturated heterocycles. The molecule has 0 bridgehead atoms. The molecule has 1 aliphatic carbocycles. The van der Waals surface area contributed by atoms with Crippen LogP contribution in [0.5, 0.6) is 5.88 Å². The van der Waals surface area contributed by atoms with Crippen LogP contribution in [0.25, 0.3) is 11.4 Å². The number of aromatic nitrogens is 4. The Bertz CT molecular complexity index is 823. The van der Waals surface area contributed by atoms with Gasteiger partial charge in [-0.2, -0.15) is 5.10 Å². The summed E-state index contributed by atoms with van der Waals surface area (Å²) in [5.41, 5.74) is 3.44. The maximum absolute atomic E-state index is 6.14. The van der Waals surface area contributed by atoms with E-state index in [4.69, 9.17) is 9.47 Å². The number of piperidine rings is 1. The lowest BCUT2D eigenvalue weighted by Crippen LogP contribution is -2.51. The molecule has 1 saturated carbocycles. The molecule has 0 unspecified atom stereocenters. The molecule has 162 valence electrons. The van der Waals surface area contributed by atoms with Crippen molar-refractivity contribution in [2.45, 2.75) is 51.6 Å². The maximum atomic E-state index is 6.14. The van der Waals surface area contributed by atoms with Crippen molar-refractivity contribution in [2.75, 3.05) is 32.8 Å². The van der Waals surface area contributed by atoms with Gasteiger partial charge >= 0.3 is 0 Å². The van der Waals surface area contributed by atoms with Crippen LogP contribution in [0.2, 0.25) is 0 Å². The minimum atomic E-state index is 0.283. The zero-order valence-electron chi connectivity index (χ0n) is 18.2. The second-order valence-electron chi connectivity index (χ2n) is 9.56. The van der Waals surface area contributed by atoms with Gasteiger partial charge in [-0.15, -0.1) is 10.2 Å². The minimum absolute atomic E-state index is 0.283. The molecule has 0 N–H and O–H groups in total. The first-order chi connectivity index (χ1) is 14.6. The highest BCUT2D eigenvalue weighted by Crippen LogP contribution is 2.50. The van der Waals surface area contributed by atoms with E-state index in [1.807, 2.05) is 37.0 Å². The van der Waals surface area contributed by atoms with Crippen molar-refractivity contribution >= 4 is 0 Å². The summed E-state index contributed by atoms with van der Waals surface area (Å²) in [6.45, 7) is 7.68. The van der Waals surface area contributed by atoms with Gasteiger partial charge in [-0.3, -0.25) is 4.68 Å². The molecular formula is C23H33N5O2. The van der Waals surface area contributed by atoms with E-state index in [0.29, 0.717) is 11.3 Å². The monoisotopic (exact) mass is 411 g/mol. The average Bonchev–Trinajstić information content (AvgIpc) is 3.08. The van der Waals surface area contributed by atoms with Gasteiger partial charge in [0.1, 0.15) is 11.8 Å². The predicted molar refractivity (Wildman–Crippen MR) is 114 cm³/mol. The highest BCUT2D eigenvalue weighted by molar-refractivity contribution is 5.58. The Morgan fingerprint density at radius 3 is 2.53 bits per heavy atom. The van der Waals surface area contributed by atoms with E-state index in [9.17, 15) is 0 Å². The van der Waals surface area contributed by atoms with Crippen LogP contribution >= 0.6 is 0 Å². The van der Waals surface area contributed by atoms with Crippen LogP contribution in [0, 0.1) is 18.3 Å². The Morgan fingerprint density at radius 1 is 1.13 bits per heavy atom. The van der Waals surface area contributed by atoms with E-state index in [2.05, 4.69) is 20.2 Å². The van der Waals surface area contributed by atoms with E-state index >= 15 is 0 Å². The van der Waals surface area contributed by atoms with Gasteiger partial charge in [0, 0.05) is 32.9 Å². The Hall–Kier alpha value is -1.99. The first-order valence-corrected chi connectivity index (χ1v) is 11.4. The largest absolute Gasteiger partial charge is 0.473 e. The molecule has 3 fully saturated rings. The summed E-state index contributed by atoms with van der Waals surface area (Å²) in [4.78, 5) is 2.68. The molecule has 3 aliphatic rings. The highest BCUT2D eigenvalue weighted by Gasteiger charge is 2.47. The number of hydrogen-bond donors (Lipinski definition) is 0. The minimum Gasteiger partial charge on any atom is -0.473 e. The number of rotatable bonds is 5. The van der Waals surface area contributed by atoms with Gasteiger partial charge in [-0.05, 0) is 81.5 Å². The Morgan fingerprint density at radius 2 is 1.90 bits per heavy atom. The van der Waals surface area contributed by atoms with E-state index < -0.39 is 0 Å². The van der Waals surface area contributed by atoms with Crippen molar-refractivity contribution in [2.24, 2.45) is 18.4 Å². The SMILES string of the molecule is Cc1cnn(C)c1-c1ccc(OC2CC3(CCN(CC4CCOCC4)CC3)C2)nn1. The molecule has 7 heteroatoms. The van der Waals surface area contributed by atoms with Crippen molar-refractivity contribution < 1.29 is 9.47 Å². The lowest BCUT2D eigenvalue weighted by molar-refractivity contribution is -0.0610. The number of likely N-dealkylation sites (tertiary alicyclic amines) is 1. The normalized spacial score (nSPS) is 22.9. The summed E-state index contributed by atoms with van der Waals surface area (Å²) < 4.78 is 13.5. The third kappa shape index (κ3) is 4.10. The standard InChI is InChI=1S/C23H33N5O2/c1-17-15-24-27(2)22(17)20-3-4-21(26-25-20)30-19-13-23(14-19)7-9-28(10-8-23)16-18-5-11-29-12-6-18/h3-4,15,18-19H,5-14,16H2,1-2H3. The Kier molecular flexibility index (Phi) is 5.50. The van der Waals surface area contributed by atoms with E-state index in [1.54, 1.807) is 0 Å². The van der Waals surface area contributed by atoms with Crippen molar-refractivity contribution in [1.82, 2.24) is 24.9 Å². The van der Waals surface area contributed by atoms with Gasteiger partial charge < -0.3 is 14.4 Å². The van der Waals surface area contributed by atoms with E-state index in [1.165, 1.54) is 45.3 Å².